The molecule has 1 saturated heterocycles. The third-order valence-corrected chi connectivity index (χ3v) is 8.87. The number of fused-ring (bicyclic) bond motifs is 1. The van der Waals surface area contributed by atoms with E-state index in [1.54, 1.807) is 36.4 Å². The lowest BCUT2D eigenvalue weighted by molar-refractivity contribution is -0.116. The van der Waals surface area contributed by atoms with Crippen molar-refractivity contribution >= 4 is 49.0 Å². The van der Waals surface area contributed by atoms with Gasteiger partial charge in [-0.3, -0.25) is 9.59 Å². The molecule has 3 atom stereocenters. The average Bonchev–Trinajstić information content (AvgIpc) is 2.81. The third-order valence-electron chi connectivity index (χ3n) is 6.76. The minimum absolute atomic E-state index is 0.153. The molecule has 2 aliphatic rings. The Labute approximate surface area is 227 Å². The zero-order chi connectivity index (χ0) is 26.6. The molecule has 2 aromatic carbocycles. The van der Waals surface area contributed by atoms with Crippen LogP contribution in [0.3, 0.4) is 0 Å². The Morgan fingerprint density at radius 1 is 1.11 bits per heavy atom. The highest BCUT2D eigenvalue weighted by molar-refractivity contribution is 9.10. The van der Waals surface area contributed by atoms with Gasteiger partial charge in [0.15, 0.2) is 9.84 Å². The van der Waals surface area contributed by atoms with Gasteiger partial charge < -0.3 is 20.9 Å². The standard InChI is InChI=1S/C27H35BrN4O4S/c1-18-11-19(2)15-32(14-18)10-4-9-29-26(33)21-7-8-23-24(13-21)31-27(34)25(30-23)17-37(35,36)16-20-5-3-6-22(28)12-20/h3,5-8,12-13,18-19,25,30H,4,9-11,14-17H2,1-2H3,(H,29,33)(H,31,34)/t18-,19-,25-/m1/s1. The molecule has 2 amide bonds. The minimum atomic E-state index is -3.55. The molecule has 0 radical (unpaired) electrons. The van der Waals surface area contributed by atoms with Gasteiger partial charge in [-0.2, -0.15) is 0 Å². The highest BCUT2D eigenvalue weighted by Crippen LogP contribution is 2.29. The first-order valence-electron chi connectivity index (χ1n) is 12.7. The molecule has 3 N–H and O–H groups in total. The Hall–Kier alpha value is -2.43. The van der Waals surface area contributed by atoms with Crippen LogP contribution in [0.5, 0.6) is 0 Å². The van der Waals surface area contributed by atoms with Crippen LogP contribution in [0.1, 0.15) is 42.6 Å². The first-order valence-corrected chi connectivity index (χ1v) is 15.4. The molecule has 1 fully saturated rings. The van der Waals surface area contributed by atoms with Crippen molar-refractivity contribution in [3.8, 4) is 0 Å². The molecule has 2 aliphatic heterocycles. The smallest absolute Gasteiger partial charge is 0.251 e. The summed E-state index contributed by atoms with van der Waals surface area (Å²) in [6, 6.07) is 11.2. The van der Waals surface area contributed by atoms with Crippen molar-refractivity contribution in [3.05, 3.63) is 58.1 Å². The lowest BCUT2D eigenvalue weighted by Crippen LogP contribution is -2.43. The molecule has 10 heteroatoms. The third kappa shape index (κ3) is 7.78. The van der Waals surface area contributed by atoms with Crippen molar-refractivity contribution in [2.24, 2.45) is 11.8 Å². The molecule has 37 heavy (non-hydrogen) atoms. The van der Waals surface area contributed by atoms with Crippen molar-refractivity contribution in [2.75, 3.05) is 42.6 Å². The van der Waals surface area contributed by atoms with E-state index in [9.17, 15) is 18.0 Å². The van der Waals surface area contributed by atoms with Crippen molar-refractivity contribution in [1.29, 1.82) is 0 Å². The second-order valence-corrected chi connectivity index (χ2v) is 13.5. The van der Waals surface area contributed by atoms with Crippen LogP contribution < -0.4 is 16.0 Å². The number of nitrogens with zero attached hydrogens (tertiary/aromatic N) is 1. The fourth-order valence-corrected chi connectivity index (χ4v) is 7.27. The summed E-state index contributed by atoms with van der Waals surface area (Å²) in [5, 5.41) is 8.75. The molecule has 4 rings (SSSR count). The summed E-state index contributed by atoms with van der Waals surface area (Å²) in [4.78, 5) is 27.8. The first-order chi connectivity index (χ1) is 17.6. The largest absolute Gasteiger partial charge is 0.371 e. The van der Waals surface area contributed by atoms with Gasteiger partial charge in [0.25, 0.3) is 5.91 Å². The summed E-state index contributed by atoms with van der Waals surface area (Å²) in [6.07, 6.45) is 2.16. The van der Waals surface area contributed by atoms with Crippen LogP contribution in [-0.2, 0) is 20.4 Å². The van der Waals surface area contributed by atoms with Crippen LogP contribution in [0.15, 0.2) is 46.9 Å². The molecule has 0 spiro atoms. The fourth-order valence-electron chi connectivity index (χ4n) is 5.28. The number of hydrogen-bond acceptors (Lipinski definition) is 6. The van der Waals surface area contributed by atoms with Crippen LogP contribution in [-0.4, -0.2) is 63.1 Å². The quantitative estimate of drug-likeness (QED) is 0.382. The van der Waals surface area contributed by atoms with E-state index < -0.39 is 21.8 Å². The topological polar surface area (TPSA) is 108 Å². The van der Waals surface area contributed by atoms with Gasteiger partial charge in [-0.25, -0.2) is 8.42 Å². The van der Waals surface area contributed by atoms with Crippen LogP contribution in [0.4, 0.5) is 11.4 Å². The van der Waals surface area contributed by atoms with Crippen molar-refractivity contribution in [1.82, 2.24) is 10.2 Å². The summed E-state index contributed by atoms with van der Waals surface area (Å²) < 4.78 is 26.3. The monoisotopic (exact) mass is 590 g/mol. The number of nitrogens with one attached hydrogen (secondary N) is 3. The van der Waals surface area contributed by atoms with E-state index in [1.165, 1.54) is 6.42 Å². The zero-order valence-corrected chi connectivity index (χ0v) is 23.7. The van der Waals surface area contributed by atoms with Crippen molar-refractivity contribution in [3.63, 3.8) is 0 Å². The Kier molecular flexibility index (Phi) is 8.92. The average molecular weight is 592 g/mol. The predicted octanol–water partition coefficient (Wildman–Crippen LogP) is 3.89. The SMILES string of the molecule is C[C@@H]1C[C@@H](C)CN(CCCNC(=O)c2ccc3c(c2)NC(=O)[C@@H](CS(=O)(=O)Cc2cccc(Br)c2)N3)C1. The Morgan fingerprint density at radius 3 is 2.59 bits per heavy atom. The minimum Gasteiger partial charge on any atom is -0.371 e. The first kappa shape index (κ1) is 27.6. The van der Waals surface area contributed by atoms with E-state index in [0.29, 0.717) is 40.9 Å². The summed E-state index contributed by atoms with van der Waals surface area (Å²) in [5.74, 6) is 0.303. The van der Waals surface area contributed by atoms with E-state index in [4.69, 9.17) is 0 Å². The van der Waals surface area contributed by atoms with Crippen LogP contribution in [0.25, 0.3) is 0 Å². The van der Waals surface area contributed by atoms with Gasteiger partial charge in [0, 0.05) is 29.7 Å². The van der Waals surface area contributed by atoms with Crippen molar-refractivity contribution in [2.45, 2.75) is 38.5 Å². The van der Waals surface area contributed by atoms with E-state index >= 15 is 0 Å². The van der Waals surface area contributed by atoms with E-state index in [1.807, 2.05) is 6.07 Å². The summed E-state index contributed by atoms with van der Waals surface area (Å²) >= 11 is 3.35. The normalized spacial score (nSPS) is 22.0. The van der Waals surface area contributed by atoms with Crippen LogP contribution in [0, 0.1) is 11.8 Å². The Bertz CT molecular complexity index is 1240. The number of sulfone groups is 1. The van der Waals surface area contributed by atoms with E-state index in [2.05, 4.69) is 50.6 Å². The molecule has 8 nitrogen and oxygen atoms in total. The molecule has 0 saturated carbocycles. The molecule has 0 unspecified atom stereocenters. The van der Waals surface area contributed by atoms with E-state index in [0.717, 1.165) is 30.5 Å². The number of hydrogen-bond donors (Lipinski definition) is 3. The lowest BCUT2D eigenvalue weighted by Gasteiger charge is -2.34. The predicted molar refractivity (Wildman–Crippen MR) is 150 cm³/mol. The molecule has 0 bridgehead atoms. The molecular formula is C27H35BrN4O4S. The van der Waals surface area contributed by atoms with Gasteiger partial charge in [-0.1, -0.05) is 41.9 Å². The van der Waals surface area contributed by atoms with Crippen LogP contribution >= 0.6 is 15.9 Å². The van der Waals surface area contributed by atoms with Gasteiger partial charge in [0.05, 0.1) is 22.9 Å². The highest BCUT2D eigenvalue weighted by Gasteiger charge is 2.30. The molecule has 2 aromatic rings. The Balaban J connectivity index is 1.29. The Morgan fingerprint density at radius 2 is 1.86 bits per heavy atom. The lowest BCUT2D eigenvalue weighted by atomic mass is 9.92. The summed E-state index contributed by atoms with van der Waals surface area (Å²) in [5.41, 5.74) is 2.16. The van der Waals surface area contributed by atoms with Gasteiger partial charge in [-0.05, 0) is 67.1 Å². The van der Waals surface area contributed by atoms with E-state index in [-0.39, 0.29) is 17.4 Å². The fraction of sp³-hybridized carbons (Fsp3) is 0.481. The molecule has 0 aromatic heterocycles. The highest BCUT2D eigenvalue weighted by atomic mass is 79.9. The summed E-state index contributed by atoms with van der Waals surface area (Å²) in [6.45, 7) is 8.35. The zero-order valence-electron chi connectivity index (χ0n) is 21.3. The van der Waals surface area contributed by atoms with Gasteiger partial charge in [0.1, 0.15) is 6.04 Å². The number of benzene rings is 2. The van der Waals surface area contributed by atoms with Gasteiger partial charge >= 0.3 is 0 Å². The van der Waals surface area contributed by atoms with Gasteiger partial charge in [0.2, 0.25) is 5.91 Å². The molecular weight excluding hydrogens is 556 g/mol. The molecule has 2 heterocycles. The second-order valence-electron chi connectivity index (χ2n) is 10.4. The number of halogens is 1. The maximum absolute atomic E-state index is 12.7. The number of amides is 2. The maximum Gasteiger partial charge on any atom is 0.251 e. The number of piperidine rings is 1. The van der Waals surface area contributed by atoms with Crippen LogP contribution in [0.2, 0.25) is 0 Å². The summed E-state index contributed by atoms with van der Waals surface area (Å²) in [7, 11) is -3.55. The van der Waals surface area contributed by atoms with Gasteiger partial charge in [-0.15, -0.1) is 0 Å². The molecule has 0 aliphatic carbocycles. The second kappa shape index (κ2) is 12.0. The number of carbonyl (C=O) groups is 2. The number of rotatable bonds is 9. The number of carbonyl (C=O) groups excluding carboxylic acids is 2. The molecule has 200 valence electrons. The maximum atomic E-state index is 12.7. The van der Waals surface area contributed by atoms with Crippen molar-refractivity contribution < 1.29 is 18.0 Å². The number of likely N-dealkylation sites (tertiary alicyclic amines) is 1. The number of anilines is 2.